The fourth-order valence-corrected chi connectivity index (χ4v) is 4.90. The van der Waals surface area contributed by atoms with E-state index in [1.807, 2.05) is 12.1 Å². The summed E-state index contributed by atoms with van der Waals surface area (Å²) >= 11 is 0.775. The van der Waals surface area contributed by atoms with Crippen molar-refractivity contribution in [3.05, 3.63) is 64.6 Å². The number of aromatic nitrogens is 2. The lowest BCUT2D eigenvalue weighted by Gasteiger charge is -2.19. The fourth-order valence-electron chi connectivity index (χ4n) is 3.99. The Hall–Kier alpha value is -3.53. The van der Waals surface area contributed by atoms with Crippen LogP contribution in [0, 0.1) is 17.5 Å². The quantitative estimate of drug-likeness (QED) is 0.337. The molecule has 0 unspecified atom stereocenters. The number of benzene rings is 2. The zero-order chi connectivity index (χ0) is 23.1. The third-order valence-electron chi connectivity index (χ3n) is 5.48. The number of para-hydroxylation sites is 1. The van der Waals surface area contributed by atoms with Gasteiger partial charge in [0.1, 0.15) is 5.52 Å². The lowest BCUT2D eigenvalue weighted by molar-refractivity contribution is -0.119. The van der Waals surface area contributed by atoms with Crippen molar-refractivity contribution in [1.82, 2.24) is 9.97 Å². The highest BCUT2D eigenvalue weighted by Gasteiger charge is 2.24. The molecule has 0 aliphatic heterocycles. The molecule has 1 amide bonds. The number of fused-ring (bicyclic) bond motifs is 3. The van der Waals surface area contributed by atoms with Gasteiger partial charge in [0.15, 0.2) is 29.2 Å². The number of rotatable bonds is 4. The van der Waals surface area contributed by atoms with Gasteiger partial charge < -0.3 is 4.74 Å². The van der Waals surface area contributed by atoms with Gasteiger partial charge in [-0.1, -0.05) is 29.5 Å². The molecule has 6 nitrogen and oxygen atoms in total. The summed E-state index contributed by atoms with van der Waals surface area (Å²) in [4.78, 5) is 33.8. The van der Waals surface area contributed by atoms with Crippen molar-refractivity contribution >= 4 is 49.5 Å². The van der Waals surface area contributed by atoms with Gasteiger partial charge in [-0.15, -0.1) is 0 Å². The molecule has 0 spiro atoms. The van der Waals surface area contributed by atoms with Crippen molar-refractivity contribution in [3.8, 4) is 0 Å². The molecule has 0 bridgehead atoms. The summed E-state index contributed by atoms with van der Waals surface area (Å²) in [5.41, 5.74) is 2.42. The average Bonchev–Trinajstić information content (AvgIpc) is 3.21. The molecule has 33 heavy (non-hydrogen) atoms. The molecule has 1 aliphatic rings. The summed E-state index contributed by atoms with van der Waals surface area (Å²) in [6.07, 6.45) is 3.40. The van der Waals surface area contributed by atoms with E-state index < -0.39 is 35.9 Å². The Morgan fingerprint density at radius 3 is 2.70 bits per heavy atom. The third-order valence-corrected chi connectivity index (χ3v) is 6.39. The van der Waals surface area contributed by atoms with E-state index in [1.165, 1.54) is 0 Å². The highest BCUT2D eigenvalue weighted by atomic mass is 32.1. The standard InChI is InChI=1S/C23H16F3N3O3S/c24-13-9-16-21(20(26)19(13)25)29-23(33-16)28-17(30)10-32-22(31)18-11-5-1-3-7-14(11)27-15-8-4-2-6-12(15)18/h1,3,5,7,9H,2,4,6,8,10H2,(H,28,29,30). The number of amides is 1. The van der Waals surface area contributed by atoms with Gasteiger partial charge in [0.2, 0.25) is 0 Å². The number of nitrogens with zero attached hydrogens (tertiary/aromatic N) is 2. The number of pyridine rings is 1. The number of esters is 1. The largest absolute Gasteiger partial charge is 0.452 e. The highest BCUT2D eigenvalue weighted by molar-refractivity contribution is 7.22. The van der Waals surface area contributed by atoms with Crippen LogP contribution in [0.15, 0.2) is 30.3 Å². The first-order valence-corrected chi connectivity index (χ1v) is 11.1. The minimum absolute atomic E-state index is 0.0357. The van der Waals surface area contributed by atoms with Crippen LogP contribution in [0.3, 0.4) is 0 Å². The first-order valence-electron chi connectivity index (χ1n) is 10.2. The number of anilines is 1. The molecule has 0 fully saturated rings. The third kappa shape index (κ3) is 3.91. The summed E-state index contributed by atoms with van der Waals surface area (Å²) in [7, 11) is 0. The van der Waals surface area contributed by atoms with E-state index in [2.05, 4.69) is 15.3 Å². The van der Waals surface area contributed by atoms with E-state index in [1.54, 1.807) is 12.1 Å². The van der Waals surface area contributed by atoms with Crippen LogP contribution in [0.25, 0.3) is 21.1 Å². The molecule has 1 aliphatic carbocycles. The van der Waals surface area contributed by atoms with E-state index in [-0.39, 0.29) is 15.3 Å². The molecule has 10 heteroatoms. The maximum absolute atomic E-state index is 13.9. The van der Waals surface area contributed by atoms with Gasteiger partial charge in [0.25, 0.3) is 5.91 Å². The monoisotopic (exact) mass is 471 g/mol. The van der Waals surface area contributed by atoms with Gasteiger partial charge in [-0.2, -0.15) is 0 Å². The zero-order valence-corrected chi connectivity index (χ0v) is 17.9. The number of carbonyl (C=O) groups excluding carboxylic acids is 2. The first kappa shape index (κ1) is 21.3. The molecule has 0 saturated carbocycles. The van der Waals surface area contributed by atoms with Crippen LogP contribution in [-0.2, 0) is 22.4 Å². The first-order chi connectivity index (χ1) is 15.9. The smallest absolute Gasteiger partial charge is 0.339 e. The summed E-state index contributed by atoms with van der Waals surface area (Å²) in [5, 5.41) is 2.96. The summed E-state index contributed by atoms with van der Waals surface area (Å²) in [5.74, 6) is -5.75. The SMILES string of the molecule is O=C(COC(=O)c1c2c(nc3ccccc13)CCCC2)Nc1nc2c(F)c(F)c(F)cc2s1. The number of carbonyl (C=O) groups is 2. The number of aryl methyl sites for hydroxylation is 1. The maximum Gasteiger partial charge on any atom is 0.339 e. The summed E-state index contributed by atoms with van der Waals surface area (Å²) < 4.78 is 46.0. The molecule has 2 aromatic carbocycles. The van der Waals surface area contributed by atoms with Crippen molar-refractivity contribution in [2.24, 2.45) is 0 Å². The summed E-state index contributed by atoms with van der Waals surface area (Å²) in [6, 6.07) is 8.07. The summed E-state index contributed by atoms with van der Waals surface area (Å²) in [6.45, 7) is -0.606. The zero-order valence-electron chi connectivity index (χ0n) is 17.1. The Morgan fingerprint density at radius 1 is 1.06 bits per heavy atom. The second-order valence-corrected chi connectivity index (χ2v) is 8.64. The number of thiazole rings is 1. The molecule has 0 radical (unpaired) electrons. The number of halogens is 3. The number of hydrogen-bond donors (Lipinski definition) is 1. The second kappa shape index (κ2) is 8.43. The lowest BCUT2D eigenvalue weighted by Crippen LogP contribution is -2.22. The topological polar surface area (TPSA) is 81.2 Å². The van der Waals surface area contributed by atoms with Gasteiger partial charge in [-0.25, -0.2) is 22.9 Å². The van der Waals surface area contributed by atoms with Crippen LogP contribution in [-0.4, -0.2) is 28.5 Å². The van der Waals surface area contributed by atoms with Crippen molar-refractivity contribution in [2.75, 3.05) is 11.9 Å². The maximum atomic E-state index is 13.9. The molecular weight excluding hydrogens is 455 g/mol. The number of hydrogen-bond acceptors (Lipinski definition) is 6. The van der Waals surface area contributed by atoms with Crippen LogP contribution in [0.4, 0.5) is 18.3 Å². The fraction of sp³-hybridized carbons (Fsp3) is 0.217. The molecule has 168 valence electrons. The second-order valence-electron chi connectivity index (χ2n) is 7.61. The normalized spacial score (nSPS) is 13.2. The van der Waals surface area contributed by atoms with Crippen LogP contribution < -0.4 is 5.32 Å². The average molecular weight is 471 g/mol. The Balaban J connectivity index is 1.35. The number of nitrogens with one attached hydrogen (secondary N) is 1. The number of ether oxygens (including phenoxy) is 1. The van der Waals surface area contributed by atoms with E-state index in [0.29, 0.717) is 22.9 Å². The molecule has 4 aromatic rings. The molecular formula is C23H16F3N3O3S. The van der Waals surface area contributed by atoms with Crippen molar-refractivity contribution in [2.45, 2.75) is 25.7 Å². The Morgan fingerprint density at radius 2 is 1.85 bits per heavy atom. The minimum atomic E-state index is -1.63. The predicted octanol–water partition coefficient (Wildman–Crippen LogP) is 4.94. The Kier molecular flexibility index (Phi) is 5.45. The van der Waals surface area contributed by atoms with Crippen molar-refractivity contribution in [1.29, 1.82) is 0 Å². The molecule has 5 rings (SSSR count). The Bertz CT molecular complexity index is 1440. The van der Waals surface area contributed by atoms with Crippen LogP contribution in [0.1, 0.15) is 34.5 Å². The molecule has 0 saturated heterocycles. The molecule has 2 aromatic heterocycles. The molecule has 1 N–H and O–H groups in total. The molecule has 2 heterocycles. The van der Waals surface area contributed by atoms with Gasteiger partial charge in [-0.3, -0.25) is 15.1 Å². The van der Waals surface area contributed by atoms with Crippen LogP contribution in [0.2, 0.25) is 0 Å². The van der Waals surface area contributed by atoms with E-state index in [9.17, 15) is 22.8 Å². The Labute approximate surface area is 189 Å². The van der Waals surface area contributed by atoms with Gasteiger partial charge in [-0.05, 0) is 43.4 Å². The van der Waals surface area contributed by atoms with Gasteiger partial charge >= 0.3 is 5.97 Å². The van der Waals surface area contributed by atoms with E-state index in [0.717, 1.165) is 47.9 Å². The van der Waals surface area contributed by atoms with Crippen molar-refractivity contribution < 1.29 is 27.5 Å². The van der Waals surface area contributed by atoms with E-state index >= 15 is 0 Å². The predicted molar refractivity (Wildman–Crippen MR) is 117 cm³/mol. The highest BCUT2D eigenvalue weighted by Crippen LogP contribution is 2.31. The van der Waals surface area contributed by atoms with Gasteiger partial charge in [0.05, 0.1) is 15.8 Å². The van der Waals surface area contributed by atoms with Gasteiger partial charge in [0, 0.05) is 11.1 Å². The molecule has 0 atom stereocenters. The minimum Gasteiger partial charge on any atom is -0.452 e. The van der Waals surface area contributed by atoms with Crippen LogP contribution >= 0.6 is 11.3 Å². The van der Waals surface area contributed by atoms with E-state index in [4.69, 9.17) is 4.74 Å². The van der Waals surface area contributed by atoms with Crippen molar-refractivity contribution in [3.63, 3.8) is 0 Å². The van der Waals surface area contributed by atoms with Crippen LogP contribution in [0.5, 0.6) is 0 Å². The lowest BCUT2D eigenvalue weighted by atomic mass is 9.90.